The molecule has 76 valence electrons. The van der Waals surface area contributed by atoms with Crippen molar-refractivity contribution < 1.29 is 13.2 Å². The van der Waals surface area contributed by atoms with Gasteiger partial charge in [-0.3, -0.25) is 0 Å². The van der Waals surface area contributed by atoms with Gasteiger partial charge < -0.3 is 4.74 Å². The summed E-state index contributed by atoms with van der Waals surface area (Å²) < 4.78 is 30.9. The maximum atomic E-state index is 11.5. The molecule has 2 aliphatic rings. The highest BCUT2D eigenvalue weighted by atomic mass is 32.2. The van der Waals surface area contributed by atoms with E-state index in [9.17, 15) is 8.42 Å². The van der Waals surface area contributed by atoms with E-state index in [4.69, 9.17) is 4.74 Å². The second-order valence-electron chi connectivity index (χ2n) is 3.78. The molecule has 1 aliphatic carbocycles. The van der Waals surface area contributed by atoms with E-state index in [1.165, 1.54) is 0 Å². The summed E-state index contributed by atoms with van der Waals surface area (Å²) in [6.07, 6.45) is 3.51. The van der Waals surface area contributed by atoms with Crippen molar-refractivity contribution in [3.05, 3.63) is 0 Å². The summed E-state index contributed by atoms with van der Waals surface area (Å²) in [6, 6.07) is 0.0133. The molecule has 13 heavy (non-hydrogen) atoms. The molecular weight excluding hydrogens is 190 g/mol. The van der Waals surface area contributed by atoms with Gasteiger partial charge in [-0.25, -0.2) is 13.1 Å². The molecule has 0 aromatic carbocycles. The second kappa shape index (κ2) is 3.55. The van der Waals surface area contributed by atoms with Gasteiger partial charge in [0.05, 0.1) is 11.9 Å². The largest absolute Gasteiger partial charge is 0.380 e. The number of hydrogen-bond donors (Lipinski definition) is 1. The van der Waals surface area contributed by atoms with Gasteiger partial charge in [-0.15, -0.1) is 0 Å². The van der Waals surface area contributed by atoms with Gasteiger partial charge in [-0.1, -0.05) is 0 Å². The van der Waals surface area contributed by atoms with E-state index in [1.54, 1.807) is 0 Å². The summed E-state index contributed by atoms with van der Waals surface area (Å²) in [5.74, 6) is 0. The van der Waals surface area contributed by atoms with Crippen LogP contribution in [0.25, 0.3) is 0 Å². The maximum absolute atomic E-state index is 11.5. The van der Waals surface area contributed by atoms with Crippen LogP contribution in [0, 0.1) is 0 Å². The highest BCUT2D eigenvalue weighted by Crippen LogP contribution is 2.28. The summed E-state index contributed by atoms with van der Waals surface area (Å²) in [5, 5.41) is -0.116. The molecule has 1 heterocycles. The number of sulfonamides is 1. The SMILES string of the molecule is O=S(=O)(N[C@@H]1CCCOC1)C1CC1. The van der Waals surface area contributed by atoms with Crippen molar-refractivity contribution in [3.63, 3.8) is 0 Å². The zero-order chi connectivity index (χ0) is 9.31. The predicted molar refractivity (Wildman–Crippen MR) is 48.9 cm³/mol. The van der Waals surface area contributed by atoms with Gasteiger partial charge >= 0.3 is 0 Å². The molecule has 0 radical (unpaired) electrons. The van der Waals surface area contributed by atoms with E-state index in [2.05, 4.69) is 4.72 Å². The van der Waals surface area contributed by atoms with Gasteiger partial charge in [0.15, 0.2) is 0 Å². The molecular formula is C8H15NO3S. The number of hydrogen-bond acceptors (Lipinski definition) is 3. The first-order chi connectivity index (χ1) is 6.18. The summed E-state index contributed by atoms with van der Waals surface area (Å²) in [6.45, 7) is 1.30. The van der Waals surface area contributed by atoms with E-state index in [-0.39, 0.29) is 11.3 Å². The van der Waals surface area contributed by atoms with Crippen LogP contribution in [0.5, 0.6) is 0 Å². The zero-order valence-corrected chi connectivity index (χ0v) is 8.35. The van der Waals surface area contributed by atoms with Crippen LogP contribution in [0.3, 0.4) is 0 Å². The third kappa shape index (κ3) is 2.42. The summed E-state index contributed by atoms with van der Waals surface area (Å²) in [7, 11) is -3.02. The lowest BCUT2D eigenvalue weighted by molar-refractivity contribution is 0.0774. The van der Waals surface area contributed by atoms with E-state index in [0.29, 0.717) is 6.61 Å². The molecule has 1 N–H and O–H groups in total. The second-order valence-corrected chi connectivity index (χ2v) is 5.77. The molecule has 0 amide bonds. The predicted octanol–water partition coefficient (Wildman–Crippen LogP) is 0.247. The van der Waals surface area contributed by atoms with Crippen molar-refractivity contribution in [2.24, 2.45) is 0 Å². The van der Waals surface area contributed by atoms with Crippen molar-refractivity contribution in [2.75, 3.05) is 13.2 Å². The lowest BCUT2D eigenvalue weighted by Crippen LogP contribution is -2.42. The minimum atomic E-state index is -3.02. The van der Waals surface area contributed by atoms with Crippen molar-refractivity contribution in [2.45, 2.75) is 37.0 Å². The molecule has 1 saturated carbocycles. The van der Waals surface area contributed by atoms with Crippen molar-refractivity contribution in [1.29, 1.82) is 0 Å². The number of nitrogens with one attached hydrogen (secondary N) is 1. The monoisotopic (exact) mass is 205 g/mol. The molecule has 0 unspecified atom stereocenters. The van der Waals surface area contributed by atoms with E-state index < -0.39 is 10.0 Å². The van der Waals surface area contributed by atoms with Gasteiger partial charge in [0.25, 0.3) is 0 Å². The Bertz CT molecular complexity index is 265. The first-order valence-corrected chi connectivity index (χ1v) is 6.32. The zero-order valence-electron chi connectivity index (χ0n) is 7.53. The quantitative estimate of drug-likeness (QED) is 0.718. The smallest absolute Gasteiger partial charge is 0.214 e. The standard InChI is InChI=1S/C8H15NO3S/c10-13(11,8-3-4-8)9-7-2-1-5-12-6-7/h7-9H,1-6H2/t7-/m1/s1. The Labute approximate surface area is 78.7 Å². The lowest BCUT2D eigenvalue weighted by Gasteiger charge is -2.22. The Kier molecular flexibility index (Phi) is 2.58. The van der Waals surface area contributed by atoms with Crippen LogP contribution in [0.1, 0.15) is 25.7 Å². The normalized spacial score (nSPS) is 30.3. The Balaban J connectivity index is 1.88. The summed E-state index contributed by atoms with van der Waals surface area (Å²) in [4.78, 5) is 0. The third-order valence-corrected chi connectivity index (χ3v) is 4.47. The Morgan fingerprint density at radius 2 is 2.00 bits per heavy atom. The average Bonchev–Trinajstić information content (AvgIpc) is 2.87. The average molecular weight is 205 g/mol. The molecule has 5 heteroatoms. The van der Waals surface area contributed by atoms with Gasteiger partial charge in [0.1, 0.15) is 0 Å². The summed E-state index contributed by atoms with van der Waals surface area (Å²) in [5.41, 5.74) is 0. The highest BCUT2D eigenvalue weighted by Gasteiger charge is 2.37. The molecule has 0 bridgehead atoms. The lowest BCUT2D eigenvalue weighted by atomic mass is 10.1. The number of rotatable bonds is 3. The maximum Gasteiger partial charge on any atom is 0.214 e. The van der Waals surface area contributed by atoms with Gasteiger partial charge in [-0.05, 0) is 25.7 Å². The first-order valence-electron chi connectivity index (χ1n) is 4.77. The van der Waals surface area contributed by atoms with Crippen LogP contribution in [-0.2, 0) is 14.8 Å². The van der Waals surface area contributed by atoms with Gasteiger partial charge in [0, 0.05) is 12.6 Å². The van der Waals surface area contributed by atoms with Crippen LogP contribution in [-0.4, -0.2) is 32.9 Å². The van der Waals surface area contributed by atoms with Crippen molar-refractivity contribution in [1.82, 2.24) is 4.72 Å². The fraction of sp³-hybridized carbons (Fsp3) is 1.00. The molecule has 0 spiro atoms. The first kappa shape index (κ1) is 9.43. The van der Waals surface area contributed by atoms with Crippen LogP contribution < -0.4 is 4.72 Å². The fourth-order valence-electron chi connectivity index (χ4n) is 1.54. The van der Waals surface area contributed by atoms with Crippen molar-refractivity contribution >= 4 is 10.0 Å². The van der Waals surface area contributed by atoms with E-state index in [0.717, 1.165) is 32.3 Å². The van der Waals surface area contributed by atoms with Crippen molar-refractivity contribution in [3.8, 4) is 0 Å². The topological polar surface area (TPSA) is 55.4 Å². The molecule has 0 aromatic rings. The molecule has 2 fully saturated rings. The van der Waals surface area contributed by atoms with E-state index >= 15 is 0 Å². The minimum Gasteiger partial charge on any atom is -0.380 e. The summed E-state index contributed by atoms with van der Waals surface area (Å²) >= 11 is 0. The Morgan fingerprint density at radius 1 is 1.23 bits per heavy atom. The Hall–Kier alpha value is -0.130. The molecule has 4 nitrogen and oxygen atoms in total. The Morgan fingerprint density at radius 3 is 2.54 bits per heavy atom. The fourth-order valence-corrected chi connectivity index (χ4v) is 3.14. The molecule has 1 aliphatic heterocycles. The molecule has 0 aromatic heterocycles. The van der Waals surface area contributed by atoms with Crippen LogP contribution in [0.4, 0.5) is 0 Å². The molecule has 1 saturated heterocycles. The van der Waals surface area contributed by atoms with Gasteiger partial charge in [-0.2, -0.15) is 0 Å². The molecule has 2 rings (SSSR count). The third-order valence-electron chi connectivity index (χ3n) is 2.45. The number of ether oxygens (including phenoxy) is 1. The van der Waals surface area contributed by atoms with Crippen LogP contribution in [0.15, 0.2) is 0 Å². The molecule has 1 atom stereocenters. The van der Waals surface area contributed by atoms with Gasteiger partial charge in [0.2, 0.25) is 10.0 Å². The highest BCUT2D eigenvalue weighted by molar-refractivity contribution is 7.90. The van der Waals surface area contributed by atoms with Crippen LogP contribution >= 0.6 is 0 Å². The minimum absolute atomic E-state index is 0.0133. The van der Waals surface area contributed by atoms with E-state index in [1.807, 2.05) is 0 Å². The van der Waals surface area contributed by atoms with Crippen LogP contribution in [0.2, 0.25) is 0 Å².